The molecule has 13 rings (SSSR count). The number of rotatable bonds is 4. The van der Waals surface area contributed by atoms with E-state index in [-0.39, 0.29) is 0 Å². The molecule has 1 aliphatic heterocycles. The number of para-hydroxylation sites is 5. The molecule has 0 saturated heterocycles. The van der Waals surface area contributed by atoms with Crippen LogP contribution < -0.4 is 4.74 Å². The van der Waals surface area contributed by atoms with Crippen molar-refractivity contribution in [3.05, 3.63) is 200 Å². The fraction of sp³-hybridized carbons (Fsp3) is 0. The fourth-order valence-electron chi connectivity index (χ4n) is 9.68. The van der Waals surface area contributed by atoms with Crippen LogP contribution in [0.3, 0.4) is 0 Å². The Kier molecular flexibility index (Phi) is 6.41. The van der Waals surface area contributed by atoms with Gasteiger partial charge in [0.1, 0.15) is 0 Å². The first-order chi connectivity index (χ1) is 28.8. The van der Waals surface area contributed by atoms with E-state index in [1.807, 2.05) is 0 Å². The molecule has 4 nitrogen and oxygen atoms in total. The van der Waals surface area contributed by atoms with E-state index in [4.69, 9.17) is 4.74 Å². The Morgan fingerprint density at radius 3 is 1.29 bits per heavy atom. The fourth-order valence-corrected chi connectivity index (χ4v) is 9.68. The van der Waals surface area contributed by atoms with Gasteiger partial charge in [-0.25, -0.2) is 0 Å². The number of fused-ring (bicyclic) bond motifs is 11. The highest BCUT2D eigenvalue weighted by atomic mass is 16.5. The van der Waals surface area contributed by atoms with Crippen LogP contribution >= 0.6 is 0 Å². The van der Waals surface area contributed by atoms with Crippen LogP contribution in [0.4, 0.5) is 0 Å². The van der Waals surface area contributed by atoms with Crippen molar-refractivity contribution in [2.24, 2.45) is 0 Å². The minimum Gasteiger partial charge on any atom is -0.453 e. The van der Waals surface area contributed by atoms with E-state index < -0.39 is 0 Å². The zero-order valence-corrected chi connectivity index (χ0v) is 31.3. The van der Waals surface area contributed by atoms with Crippen molar-refractivity contribution < 1.29 is 4.74 Å². The lowest BCUT2D eigenvalue weighted by Gasteiger charge is -2.22. The Labute approximate surface area is 333 Å². The second-order valence-corrected chi connectivity index (χ2v) is 15.3. The standard InChI is InChI=1S/C54H33N3O/c1-5-21-46-40(16-1)41-17-2-6-22-47(41)55(46)38-14-9-12-34(30-38)36-26-28-50-45(32-36)44-20-11-25-52-54(44)57(50)51-29-27-37(33-53(51)58-52)35-13-10-15-39(31-35)56-48-23-7-3-18-42(48)43-19-4-8-24-49(43)56/h1-33H. The summed E-state index contributed by atoms with van der Waals surface area (Å²) in [6, 6.07) is 72.4. The highest BCUT2D eigenvalue weighted by molar-refractivity contribution is 6.14. The van der Waals surface area contributed by atoms with Crippen molar-refractivity contribution in [1.29, 1.82) is 0 Å². The van der Waals surface area contributed by atoms with E-state index in [1.165, 1.54) is 65.5 Å². The molecule has 9 aromatic carbocycles. The molecule has 0 N–H and O–H groups in total. The first-order valence-corrected chi connectivity index (χ1v) is 19.8. The minimum atomic E-state index is 0.847. The SMILES string of the molecule is c1cc(-c2ccc3c(c2)Oc2cccc4c5cc(-c6cccc(-n7c8ccccc8c8ccccc87)c6)ccc5n-3c24)cc(-n2c3ccccc3c3ccccc32)c1. The molecule has 0 bridgehead atoms. The molecule has 270 valence electrons. The average Bonchev–Trinajstić information content (AvgIpc) is 3.93. The van der Waals surface area contributed by atoms with Gasteiger partial charge in [0.2, 0.25) is 0 Å². The second-order valence-electron chi connectivity index (χ2n) is 15.3. The molecular weight excluding hydrogens is 707 g/mol. The van der Waals surface area contributed by atoms with E-state index in [0.29, 0.717) is 0 Å². The van der Waals surface area contributed by atoms with Gasteiger partial charge < -0.3 is 18.4 Å². The minimum absolute atomic E-state index is 0.847. The van der Waals surface area contributed by atoms with Crippen LogP contribution in [0, 0.1) is 0 Å². The van der Waals surface area contributed by atoms with Crippen LogP contribution in [0.25, 0.3) is 105 Å². The van der Waals surface area contributed by atoms with E-state index in [2.05, 4.69) is 214 Å². The quantitative estimate of drug-likeness (QED) is 0.176. The summed E-state index contributed by atoms with van der Waals surface area (Å²) in [6.45, 7) is 0. The van der Waals surface area contributed by atoms with Crippen LogP contribution in [-0.2, 0) is 0 Å². The second kappa shape index (κ2) is 11.8. The Hall–Kier alpha value is -7.82. The van der Waals surface area contributed by atoms with Crippen molar-refractivity contribution >= 4 is 65.4 Å². The van der Waals surface area contributed by atoms with Crippen LogP contribution in [0.2, 0.25) is 0 Å². The Balaban J connectivity index is 0.918. The van der Waals surface area contributed by atoms with Gasteiger partial charge >= 0.3 is 0 Å². The van der Waals surface area contributed by atoms with Gasteiger partial charge in [-0.2, -0.15) is 0 Å². The van der Waals surface area contributed by atoms with Crippen molar-refractivity contribution in [1.82, 2.24) is 13.7 Å². The third-order valence-corrected chi connectivity index (χ3v) is 12.2. The molecule has 1 aliphatic rings. The molecular formula is C54H33N3O. The highest BCUT2D eigenvalue weighted by Crippen LogP contribution is 2.47. The summed E-state index contributed by atoms with van der Waals surface area (Å²) in [4.78, 5) is 0. The van der Waals surface area contributed by atoms with Crippen molar-refractivity contribution in [2.75, 3.05) is 0 Å². The first-order valence-electron chi connectivity index (χ1n) is 19.8. The Morgan fingerprint density at radius 2 is 0.724 bits per heavy atom. The Morgan fingerprint density at radius 1 is 0.276 bits per heavy atom. The summed E-state index contributed by atoms with van der Waals surface area (Å²) in [6.07, 6.45) is 0. The number of ether oxygens (including phenoxy) is 1. The topological polar surface area (TPSA) is 24.0 Å². The zero-order valence-electron chi connectivity index (χ0n) is 31.3. The number of hydrogen-bond acceptors (Lipinski definition) is 1. The van der Waals surface area contributed by atoms with Crippen molar-refractivity contribution in [3.63, 3.8) is 0 Å². The van der Waals surface area contributed by atoms with Crippen LogP contribution in [-0.4, -0.2) is 13.7 Å². The van der Waals surface area contributed by atoms with Crippen LogP contribution in [0.5, 0.6) is 11.5 Å². The van der Waals surface area contributed by atoms with Crippen molar-refractivity contribution in [2.45, 2.75) is 0 Å². The maximum atomic E-state index is 6.77. The molecule has 0 unspecified atom stereocenters. The van der Waals surface area contributed by atoms with E-state index in [1.54, 1.807) is 0 Å². The van der Waals surface area contributed by atoms with Gasteiger partial charge in [0.25, 0.3) is 0 Å². The smallest absolute Gasteiger partial charge is 0.152 e. The summed E-state index contributed by atoms with van der Waals surface area (Å²) in [5, 5.41) is 7.44. The molecule has 0 fully saturated rings. The normalized spacial score (nSPS) is 12.3. The molecule has 0 spiro atoms. The highest BCUT2D eigenvalue weighted by Gasteiger charge is 2.25. The molecule has 0 atom stereocenters. The van der Waals surface area contributed by atoms with Gasteiger partial charge in [-0.3, -0.25) is 0 Å². The number of benzene rings is 9. The zero-order chi connectivity index (χ0) is 37.9. The van der Waals surface area contributed by atoms with Crippen molar-refractivity contribution in [3.8, 4) is 50.8 Å². The van der Waals surface area contributed by atoms with Gasteiger partial charge in [-0.05, 0) is 101 Å². The van der Waals surface area contributed by atoms with Crippen LogP contribution in [0.1, 0.15) is 0 Å². The largest absolute Gasteiger partial charge is 0.453 e. The summed E-state index contributed by atoms with van der Waals surface area (Å²) >= 11 is 0. The van der Waals surface area contributed by atoms with E-state index >= 15 is 0 Å². The molecule has 58 heavy (non-hydrogen) atoms. The number of aromatic nitrogens is 3. The van der Waals surface area contributed by atoms with Gasteiger partial charge in [0.05, 0.1) is 38.8 Å². The Bertz CT molecular complexity index is 3570. The van der Waals surface area contributed by atoms with E-state index in [0.717, 1.165) is 50.7 Å². The van der Waals surface area contributed by atoms with Gasteiger partial charge in [0.15, 0.2) is 11.5 Å². The third-order valence-electron chi connectivity index (χ3n) is 12.2. The monoisotopic (exact) mass is 739 g/mol. The molecule has 0 aliphatic carbocycles. The number of nitrogens with zero attached hydrogens (tertiary/aromatic N) is 3. The predicted molar refractivity (Wildman–Crippen MR) is 240 cm³/mol. The van der Waals surface area contributed by atoms with E-state index in [9.17, 15) is 0 Å². The summed E-state index contributed by atoms with van der Waals surface area (Å²) in [5.74, 6) is 1.72. The molecule has 3 aromatic heterocycles. The third kappa shape index (κ3) is 4.40. The molecule has 0 amide bonds. The average molecular weight is 740 g/mol. The first kappa shape index (κ1) is 31.4. The summed E-state index contributed by atoms with van der Waals surface area (Å²) in [5.41, 5.74) is 15.0. The lowest BCUT2D eigenvalue weighted by molar-refractivity contribution is 0.476. The molecule has 4 heterocycles. The number of hydrogen-bond donors (Lipinski definition) is 0. The lowest BCUT2D eigenvalue weighted by atomic mass is 10.0. The van der Waals surface area contributed by atoms with Crippen LogP contribution in [0.15, 0.2) is 200 Å². The molecule has 0 radical (unpaired) electrons. The molecule has 12 aromatic rings. The lowest BCUT2D eigenvalue weighted by Crippen LogP contribution is -2.04. The van der Waals surface area contributed by atoms with Gasteiger partial charge in [0, 0.05) is 43.7 Å². The molecule has 0 saturated carbocycles. The summed E-state index contributed by atoms with van der Waals surface area (Å²) in [7, 11) is 0. The van der Waals surface area contributed by atoms with Gasteiger partial charge in [-0.1, -0.05) is 121 Å². The van der Waals surface area contributed by atoms with Gasteiger partial charge in [-0.15, -0.1) is 0 Å². The maximum absolute atomic E-state index is 6.77. The predicted octanol–water partition coefficient (Wildman–Crippen LogP) is 14.4. The summed E-state index contributed by atoms with van der Waals surface area (Å²) < 4.78 is 13.9. The molecule has 4 heteroatoms. The maximum Gasteiger partial charge on any atom is 0.152 e.